The van der Waals surface area contributed by atoms with Gasteiger partial charge in [-0.3, -0.25) is 9.59 Å². The van der Waals surface area contributed by atoms with E-state index in [1.165, 1.54) is 36.8 Å². The lowest BCUT2D eigenvalue weighted by Crippen LogP contribution is -2.46. The third-order valence-corrected chi connectivity index (χ3v) is 6.64. The lowest BCUT2D eigenvalue weighted by atomic mass is 9.93. The Balaban J connectivity index is 1.37. The molecule has 6 nitrogen and oxygen atoms in total. The van der Waals surface area contributed by atoms with Gasteiger partial charge in [-0.1, -0.05) is 62.4 Å². The average Bonchev–Trinajstić information content (AvgIpc) is 2.77. The quantitative estimate of drug-likeness (QED) is 0.797. The van der Waals surface area contributed by atoms with Crippen LogP contribution in [-0.4, -0.2) is 34.8 Å². The van der Waals surface area contributed by atoms with E-state index in [2.05, 4.69) is 15.3 Å². The molecular weight excluding hydrogens is 388 g/mol. The van der Waals surface area contributed by atoms with Gasteiger partial charge in [0, 0.05) is 25.2 Å². The molecule has 0 unspecified atom stereocenters. The van der Waals surface area contributed by atoms with Gasteiger partial charge in [-0.05, 0) is 31.2 Å². The van der Waals surface area contributed by atoms with Crippen molar-refractivity contribution in [2.24, 2.45) is 5.92 Å². The lowest BCUT2D eigenvalue weighted by molar-refractivity contribution is -0.126. The molecule has 0 bridgehead atoms. The Morgan fingerprint density at radius 2 is 1.74 bits per heavy atom. The molecule has 1 amide bonds. The van der Waals surface area contributed by atoms with Gasteiger partial charge < -0.3 is 10.2 Å². The van der Waals surface area contributed by atoms with E-state index in [4.69, 9.17) is 0 Å². The number of hydrogen-bond acceptors (Lipinski definition) is 4. The van der Waals surface area contributed by atoms with Crippen LogP contribution in [-0.2, 0) is 11.3 Å². The molecule has 1 aliphatic carbocycles. The highest BCUT2D eigenvalue weighted by Gasteiger charge is 2.28. The number of nitrogens with zero attached hydrogens (tertiary/aromatic N) is 3. The molecule has 1 saturated heterocycles. The number of aromatic nitrogens is 2. The highest BCUT2D eigenvalue weighted by atomic mass is 16.2. The fourth-order valence-electron chi connectivity index (χ4n) is 4.82. The second-order valence-corrected chi connectivity index (χ2v) is 9.03. The zero-order valence-corrected chi connectivity index (χ0v) is 18.3. The van der Waals surface area contributed by atoms with Crippen LogP contribution in [0.5, 0.6) is 0 Å². The standard InChI is InChI=1S/C25H34N4O2/c30-24-16-23(17-26-29(24)18-20-10-5-4-6-11-20)28-15-9-12-21(19-28)25(31)27-22-13-7-2-1-3-8-14-22/h4-6,10-11,16-17,21-22H,1-3,7-9,12-15,18-19H2,(H,27,31)/t21-/m1/s1. The highest BCUT2D eigenvalue weighted by molar-refractivity contribution is 5.80. The number of nitrogens with one attached hydrogen (secondary N) is 1. The van der Waals surface area contributed by atoms with Gasteiger partial charge >= 0.3 is 0 Å². The smallest absolute Gasteiger partial charge is 0.269 e. The maximum atomic E-state index is 12.9. The predicted octanol–water partition coefficient (Wildman–Crippen LogP) is 3.74. The summed E-state index contributed by atoms with van der Waals surface area (Å²) in [6.45, 7) is 1.98. The maximum Gasteiger partial charge on any atom is 0.269 e. The van der Waals surface area contributed by atoms with E-state index < -0.39 is 0 Å². The minimum Gasteiger partial charge on any atom is -0.369 e. The monoisotopic (exact) mass is 422 g/mol. The fourth-order valence-corrected chi connectivity index (χ4v) is 4.82. The Morgan fingerprint density at radius 3 is 2.48 bits per heavy atom. The summed E-state index contributed by atoms with van der Waals surface area (Å²) in [5, 5.41) is 7.72. The van der Waals surface area contributed by atoms with Crippen LogP contribution in [0.25, 0.3) is 0 Å². The summed E-state index contributed by atoms with van der Waals surface area (Å²) < 4.78 is 1.49. The molecule has 0 spiro atoms. The SMILES string of the molecule is O=C(NC1CCCCCCC1)[C@@H]1CCCN(c2cnn(Cc3ccccc3)c(=O)c2)C1. The molecule has 2 heterocycles. The number of carbonyl (C=O) groups is 1. The maximum absolute atomic E-state index is 12.9. The summed E-state index contributed by atoms with van der Waals surface area (Å²) in [5.74, 6) is 0.159. The Morgan fingerprint density at radius 1 is 1.00 bits per heavy atom. The molecule has 1 aromatic heterocycles. The van der Waals surface area contributed by atoms with Gasteiger partial charge in [0.1, 0.15) is 0 Å². The van der Waals surface area contributed by atoms with Crippen LogP contribution >= 0.6 is 0 Å². The van der Waals surface area contributed by atoms with Gasteiger partial charge in [0.2, 0.25) is 5.91 Å². The zero-order valence-electron chi connectivity index (χ0n) is 18.3. The number of benzene rings is 1. The van der Waals surface area contributed by atoms with Gasteiger partial charge in [-0.2, -0.15) is 5.10 Å². The third kappa shape index (κ3) is 5.96. The van der Waals surface area contributed by atoms with E-state index >= 15 is 0 Å². The van der Waals surface area contributed by atoms with Crippen LogP contribution in [0.2, 0.25) is 0 Å². The molecule has 1 saturated carbocycles. The van der Waals surface area contributed by atoms with Crippen LogP contribution < -0.4 is 15.8 Å². The van der Waals surface area contributed by atoms with Crippen molar-refractivity contribution in [1.29, 1.82) is 0 Å². The Bertz CT molecular complexity index is 903. The summed E-state index contributed by atoms with van der Waals surface area (Å²) >= 11 is 0. The lowest BCUT2D eigenvalue weighted by Gasteiger charge is -2.34. The molecule has 1 aromatic carbocycles. The largest absolute Gasteiger partial charge is 0.369 e. The van der Waals surface area contributed by atoms with Crippen LogP contribution in [0.15, 0.2) is 47.4 Å². The average molecular weight is 423 g/mol. The van der Waals surface area contributed by atoms with Crippen molar-refractivity contribution < 1.29 is 4.79 Å². The number of hydrogen-bond donors (Lipinski definition) is 1. The second kappa shape index (κ2) is 10.6. The van der Waals surface area contributed by atoms with Crippen molar-refractivity contribution in [3.63, 3.8) is 0 Å². The molecule has 0 radical (unpaired) electrons. The normalized spacial score (nSPS) is 20.6. The van der Waals surface area contributed by atoms with Crippen molar-refractivity contribution >= 4 is 11.6 Å². The van der Waals surface area contributed by atoms with E-state index in [-0.39, 0.29) is 17.4 Å². The minimum atomic E-state index is -0.109. The van der Waals surface area contributed by atoms with Crippen molar-refractivity contribution in [2.75, 3.05) is 18.0 Å². The molecule has 2 fully saturated rings. The molecule has 6 heteroatoms. The number of piperidine rings is 1. The topological polar surface area (TPSA) is 67.2 Å². The van der Waals surface area contributed by atoms with Gasteiger partial charge in [0.05, 0.1) is 24.3 Å². The molecule has 166 valence electrons. The van der Waals surface area contributed by atoms with Crippen LogP contribution in [0.3, 0.4) is 0 Å². The van der Waals surface area contributed by atoms with Gasteiger partial charge in [-0.25, -0.2) is 4.68 Å². The Kier molecular flexibility index (Phi) is 7.39. The van der Waals surface area contributed by atoms with Crippen molar-refractivity contribution in [1.82, 2.24) is 15.1 Å². The fraction of sp³-hybridized carbons (Fsp3) is 0.560. The number of carbonyl (C=O) groups excluding carboxylic acids is 1. The second-order valence-electron chi connectivity index (χ2n) is 9.03. The zero-order chi connectivity index (χ0) is 21.5. The van der Waals surface area contributed by atoms with Gasteiger partial charge in [0.15, 0.2) is 0 Å². The minimum absolute atomic E-state index is 0.0223. The first-order valence-corrected chi connectivity index (χ1v) is 11.9. The third-order valence-electron chi connectivity index (χ3n) is 6.64. The molecule has 4 rings (SSSR count). The summed E-state index contributed by atoms with van der Waals surface area (Å²) in [4.78, 5) is 27.7. The molecule has 31 heavy (non-hydrogen) atoms. The van der Waals surface area contributed by atoms with E-state index in [0.29, 0.717) is 19.1 Å². The summed E-state index contributed by atoms with van der Waals surface area (Å²) in [5.41, 5.74) is 1.76. The first-order chi connectivity index (χ1) is 15.2. The summed E-state index contributed by atoms with van der Waals surface area (Å²) in [6, 6.07) is 11.9. The number of rotatable bonds is 5. The van der Waals surface area contributed by atoms with E-state index in [1.54, 1.807) is 12.3 Å². The van der Waals surface area contributed by atoms with Crippen LogP contribution in [0.1, 0.15) is 63.4 Å². The number of anilines is 1. The first kappa shape index (κ1) is 21.6. The molecular formula is C25H34N4O2. The van der Waals surface area contributed by atoms with E-state index in [0.717, 1.165) is 43.5 Å². The van der Waals surface area contributed by atoms with Crippen molar-refractivity contribution in [3.8, 4) is 0 Å². The van der Waals surface area contributed by atoms with Crippen LogP contribution in [0.4, 0.5) is 5.69 Å². The molecule has 1 atom stereocenters. The molecule has 1 N–H and O–H groups in total. The Labute approximate surface area is 184 Å². The van der Waals surface area contributed by atoms with Crippen molar-refractivity contribution in [2.45, 2.75) is 70.4 Å². The highest BCUT2D eigenvalue weighted by Crippen LogP contribution is 2.23. The van der Waals surface area contributed by atoms with Gasteiger partial charge in [-0.15, -0.1) is 0 Å². The van der Waals surface area contributed by atoms with E-state index in [1.807, 2.05) is 30.3 Å². The Hall–Kier alpha value is -2.63. The van der Waals surface area contributed by atoms with Crippen molar-refractivity contribution in [3.05, 3.63) is 58.5 Å². The summed E-state index contributed by atoms with van der Waals surface area (Å²) in [6.07, 6.45) is 12.2. The number of amides is 1. The molecule has 2 aromatic rings. The first-order valence-electron chi connectivity index (χ1n) is 11.9. The van der Waals surface area contributed by atoms with Gasteiger partial charge in [0.25, 0.3) is 5.56 Å². The summed E-state index contributed by atoms with van der Waals surface area (Å²) in [7, 11) is 0. The predicted molar refractivity (Wildman–Crippen MR) is 123 cm³/mol. The van der Waals surface area contributed by atoms with E-state index in [9.17, 15) is 9.59 Å². The van der Waals surface area contributed by atoms with Crippen LogP contribution in [0, 0.1) is 5.92 Å². The molecule has 2 aliphatic rings. The molecule has 1 aliphatic heterocycles.